The summed E-state index contributed by atoms with van der Waals surface area (Å²) in [5, 5.41) is 0. The monoisotopic (exact) mass is 410 g/mol. The van der Waals surface area contributed by atoms with Gasteiger partial charge < -0.3 is 9.64 Å². The van der Waals surface area contributed by atoms with Gasteiger partial charge >= 0.3 is 0 Å². The van der Waals surface area contributed by atoms with Crippen LogP contribution < -0.4 is 9.64 Å². The van der Waals surface area contributed by atoms with E-state index in [9.17, 15) is 9.59 Å². The highest BCUT2D eigenvalue weighted by Gasteiger charge is 2.41. The molecule has 2 heterocycles. The fourth-order valence-electron chi connectivity index (χ4n) is 3.41. The number of rotatable bonds is 4. The summed E-state index contributed by atoms with van der Waals surface area (Å²) in [6, 6.07) is 15.1. The lowest BCUT2D eigenvalue weighted by Gasteiger charge is -2.15. The number of hydrogen-bond acceptors (Lipinski definition) is 5. The largest absolute Gasteiger partial charge is 0.497 e. The quantitative estimate of drug-likeness (QED) is 0.566. The van der Waals surface area contributed by atoms with E-state index in [4.69, 9.17) is 17.0 Å². The predicted octanol–water partition coefficient (Wildman–Crippen LogP) is 3.83. The molecule has 1 saturated heterocycles. The third kappa shape index (κ3) is 3.00. The number of carbonyl (C=O) groups excluding carboxylic acids is 2. The number of ether oxygens (including phenoxy) is 1. The molecule has 28 heavy (non-hydrogen) atoms. The maximum atomic E-state index is 13.1. The van der Waals surface area contributed by atoms with Crippen molar-refractivity contribution in [1.82, 2.24) is 4.90 Å². The van der Waals surface area contributed by atoms with Gasteiger partial charge in [0.1, 0.15) is 10.1 Å². The maximum absolute atomic E-state index is 13.1. The number of amides is 2. The van der Waals surface area contributed by atoms with Crippen molar-refractivity contribution in [3.63, 3.8) is 0 Å². The highest BCUT2D eigenvalue weighted by atomic mass is 32.2. The number of thiocarbonyl (C=S) groups is 1. The van der Waals surface area contributed by atoms with Gasteiger partial charge in [-0.3, -0.25) is 14.5 Å². The van der Waals surface area contributed by atoms with Crippen LogP contribution in [0.3, 0.4) is 0 Å². The van der Waals surface area contributed by atoms with Crippen molar-refractivity contribution >= 4 is 51.4 Å². The van der Waals surface area contributed by atoms with Gasteiger partial charge in [0.15, 0.2) is 0 Å². The Morgan fingerprint density at radius 3 is 2.39 bits per heavy atom. The molecule has 5 nitrogen and oxygen atoms in total. The summed E-state index contributed by atoms with van der Waals surface area (Å²) >= 11 is 6.66. The van der Waals surface area contributed by atoms with Crippen LogP contribution in [0.2, 0.25) is 0 Å². The SMILES string of the molecule is CCN1C(=O)C(=C2SC(=S)N(Cc3ccc(OC)cc3)C2=O)c2ccccc21. The number of carbonyl (C=O) groups is 2. The number of likely N-dealkylation sites (N-methyl/N-ethyl adjacent to an activating group) is 1. The molecule has 2 amide bonds. The second kappa shape index (κ2) is 7.41. The van der Waals surface area contributed by atoms with Crippen LogP contribution in [0.5, 0.6) is 5.75 Å². The van der Waals surface area contributed by atoms with E-state index < -0.39 is 0 Å². The molecule has 0 aliphatic carbocycles. The van der Waals surface area contributed by atoms with Gasteiger partial charge in [-0.05, 0) is 30.7 Å². The van der Waals surface area contributed by atoms with Gasteiger partial charge in [-0.15, -0.1) is 0 Å². The van der Waals surface area contributed by atoms with Crippen molar-refractivity contribution in [1.29, 1.82) is 0 Å². The van der Waals surface area contributed by atoms with E-state index in [0.29, 0.717) is 27.9 Å². The number of methoxy groups -OCH3 is 1. The summed E-state index contributed by atoms with van der Waals surface area (Å²) in [4.78, 5) is 29.8. The molecule has 0 saturated carbocycles. The molecule has 2 aliphatic heterocycles. The lowest BCUT2D eigenvalue weighted by Crippen LogP contribution is -2.29. The number of benzene rings is 2. The van der Waals surface area contributed by atoms with Crippen molar-refractivity contribution in [3.05, 3.63) is 64.6 Å². The molecule has 0 bridgehead atoms. The fraction of sp³-hybridized carbons (Fsp3) is 0.190. The molecule has 142 valence electrons. The summed E-state index contributed by atoms with van der Waals surface area (Å²) in [6.07, 6.45) is 0. The van der Waals surface area contributed by atoms with Gasteiger partial charge in [0.05, 0.1) is 29.8 Å². The molecule has 1 fully saturated rings. The van der Waals surface area contributed by atoms with Crippen LogP contribution in [-0.2, 0) is 16.1 Å². The Bertz CT molecular complexity index is 1010. The summed E-state index contributed by atoms with van der Waals surface area (Å²) in [7, 11) is 1.61. The second-order valence-electron chi connectivity index (χ2n) is 6.38. The third-order valence-corrected chi connectivity index (χ3v) is 6.26. The van der Waals surface area contributed by atoms with E-state index in [1.807, 2.05) is 55.5 Å². The topological polar surface area (TPSA) is 49.9 Å². The van der Waals surface area contributed by atoms with Crippen molar-refractivity contribution in [2.75, 3.05) is 18.6 Å². The Hall–Kier alpha value is -2.64. The number of thioether (sulfide) groups is 1. The lowest BCUT2D eigenvalue weighted by molar-refractivity contribution is -0.122. The van der Waals surface area contributed by atoms with Gasteiger partial charge in [0, 0.05) is 12.1 Å². The van der Waals surface area contributed by atoms with Gasteiger partial charge in [-0.2, -0.15) is 0 Å². The molecule has 0 radical (unpaired) electrons. The Labute approximate surface area is 173 Å². The second-order valence-corrected chi connectivity index (χ2v) is 8.02. The average Bonchev–Trinajstić information content (AvgIpc) is 3.15. The molecule has 0 atom stereocenters. The molecular weight excluding hydrogens is 392 g/mol. The number of para-hydroxylation sites is 1. The zero-order chi connectivity index (χ0) is 19.8. The molecular formula is C21H18N2O3S2. The van der Waals surface area contributed by atoms with E-state index in [2.05, 4.69) is 0 Å². The molecule has 0 aromatic heterocycles. The molecule has 0 unspecified atom stereocenters. The Kier molecular flexibility index (Phi) is 4.95. The average molecular weight is 411 g/mol. The smallest absolute Gasteiger partial charge is 0.267 e. The minimum absolute atomic E-state index is 0.145. The molecule has 2 aliphatic rings. The number of anilines is 1. The summed E-state index contributed by atoms with van der Waals surface area (Å²) < 4.78 is 5.63. The third-order valence-electron chi connectivity index (χ3n) is 4.82. The minimum Gasteiger partial charge on any atom is -0.497 e. The van der Waals surface area contributed by atoms with E-state index in [1.54, 1.807) is 16.9 Å². The van der Waals surface area contributed by atoms with Crippen LogP contribution in [0.4, 0.5) is 5.69 Å². The number of nitrogens with zero attached hydrogens (tertiary/aromatic N) is 2. The fourth-order valence-corrected chi connectivity index (χ4v) is 4.74. The molecule has 7 heteroatoms. The minimum atomic E-state index is -0.220. The maximum Gasteiger partial charge on any atom is 0.267 e. The van der Waals surface area contributed by atoms with Crippen LogP contribution in [-0.4, -0.2) is 34.7 Å². The van der Waals surface area contributed by atoms with Crippen molar-refractivity contribution in [2.24, 2.45) is 0 Å². The Balaban J connectivity index is 1.69. The standard InChI is InChI=1S/C21H18N2O3S2/c1-3-22-16-7-5-4-6-15(16)17(19(22)24)18-20(25)23(21(27)28-18)12-13-8-10-14(26-2)11-9-13/h4-11H,3,12H2,1-2H3. The number of fused-ring (bicyclic) bond motifs is 1. The number of hydrogen-bond donors (Lipinski definition) is 0. The molecule has 2 aromatic rings. The first-order chi connectivity index (χ1) is 13.5. The highest BCUT2D eigenvalue weighted by Crippen LogP contribution is 2.44. The predicted molar refractivity (Wildman–Crippen MR) is 115 cm³/mol. The molecule has 0 N–H and O–H groups in total. The Morgan fingerprint density at radius 2 is 1.71 bits per heavy atom. The first kappa shape index (κ1) is 18.7. The van der Waals surface area contributed by atoms with Gasteiger partial charge in [-0.25, -0.2) is 0 Å². The van der Waals surface area contributed by atoms with Gasteiger partial charge in [0.25, 0.3) is 11.8 Å². The van der Waals surface area contributed by atoms with Crippen LogP contribution in [0.1, 0.15) is 18.1 Å². The van der Waals surface area contributed by atoms with Gasteiger partial charge in [-0.1, -0.05) is 54.3 Å². The van der Waals surface area contributed by atoms with Crippen molar-refractivity contribution < 1.29 is 14.3 Å². The summed E-state index contributed by atoms with van der Waals surface area (Å²) in [6.45, 7) is 2.83. The summed E-state index contributed by atoms with van der Waals surface area (Å²) in [5.74, 6) is 0.389. The Morgan fingerprint density at radius 1 is 1.00 bits per heavy atom. The normalized spacial score (nSPS) is 18.9. The van der Waals surface area contributed by atoms with Crippen molar-refractivity contribution in [3.8, 4) is 5.75 Å². The van der Waals surface area contributed by atoms with E-state index in [1.165, 1.54) is 11.8 Å². The first-order valence-corrected chi connectivity index (χ1v) is 10.1. The van der Waals surface area contributed by atoms with Gasteiger partial charge in [0.2, 0.25) is 0 Å². The summed E-state index contributed by atoms with van der Waals surface area (Å²) in [5.41, 5.74) is 3.02. The first-order valence-electron chi connectivity index (χ1n) is 8.87. The van der Waals surface area contributed by atoms with Crippen LogP contribution in [0.25, 0.3) is 5.57 Å². The van der Waals surface area contributed by atoms with Crippen molar-refractivity contribution in [2.45, 2.75) is 13.5 Å². The zero-order valence-electron chi connectivity index (χ0n) is 15.5. The zero-order valence-corrected chi connectivity index (χ0v) is 17.1. The van der Waals surface area contributed by atoms with E-state index >= 15 is 0 Å². The molecule has 0 spiro atoms. The lowest BCUT2D eigenvalue weighted by atomic mass is 10.1. The highest BCUT2D eigenvalue weighted by molar-refractivity contribution is 8.26. The van der Waals surface area contributed by atoms with E-state index in [-0.39, 0.29) is 11.8 Å². The van der Waals surface area contributed by atoms with Crippen LogP contribution >= 0.6 is 24.0 Å². The molecule has 2 aromatic carbocycles. The van der Waals surface area contributed by atoms with Crippen LogP contribution in [0.15, 0.2) is 53.4 Å². The van der Waals surface area contributed by atoms with E-state index in [0.717, 1.165) is 22.6 Å². The molecule has 4 rings (SSSR count). The van der Waals surface area contributed by atoms with Crippen LogP contribution in [0, 0.1) is 0 Å².